The summed E-state index contributed by atoms with van der Waals surface area (Å²) in [5.74, 6) is -0.152. The zero-order valence-corrected chi connectivity index (χ0v) is 10.7. The maximum atomic E-state index is 12.9. The van der Waals surface area contributed by atoms with Gasteiger partial charge in [-0.2, -0.15) is 0 Å². The van der Waals surface area contributed by atoms with Crippen LogP contribution in [0, 0.1) is 5.82 Å². The molecular formula is C14H21FN2O. The number of ether oxygens (including phenoxy) is 1. The van der Waals surface area contributed by atoms with Gasteiger partial charge in [0.25, 0.3) is 0 Å². The zero-order chi connectivity index (χ0) is 12.6. The fourth-order valence-electron chi connectivity index (χ4n) is 2.11. The Morgan fingerprint density at radius 3 is 2.83 bits per heavy atom. The highest BCUT2D eigenvalue weighted by atomic mass is 19.1. The van der Waals surface area contributed by atoms with Crippen LogP contribution in [0.3, 0.4) is 0 Å². The number of nitrogens with zero attached hydrogens (tertiary/aromatic N) is 1. The summed E-state index contributed by atoms with van der Waals surface area (Å²) >= 11 is 0. The molecular weight excluding hydrogens is 231 g/mol. The predicted octanol–water partition coefficient (Wildman–Crippen LogP) is 1.29. The molecule has 0 aliphatic carbocycles. The first-order valence-electron chi connectivity index (χ1n) is 6.60. The van der Waals surface area contributed by atoms with Crippen molar-refractivity contribution in [2.75, 3.05) is 45.9 Å². The van der Waals surface area contributed by atoms with Crippen molar-refractivity contribution in [3.63, 3.8) is 0 Å². The Morgan fingerprint density at radius 1 is 1.22 bits per heavy atom. The van der Waals surface area contributed by atoms with Gasteiger partial charge in [-0.25, -0.2) is 4.39 Å². The van der Waals surface area contributed by atoms with E-state index in [9.17, 15) is 4.39 Å². The van der Waals surface area contributed by atoms with Crippen LogP contribution in [0.5, 0.6) is 0 Å². The van der Waals surface area contributed by atoms with E-state index in [0.717, 1.165) is 57.9 Å². The molecule has 0 bridgehead atoms. The number of benzene rings is 1. The quantitative estimate of drug-likeness (QED) is 0.772. The minimum Gasteiger partial charge on any atom is -0.379 e. The number of halogens is 1. The van der Waals surface area contributed by atoms with Crippen molar-refractivity contribution in [1.82, 2.24) is 10.2 Å². The molecule has 0 amide bonds. The Kier molecular flexibility index (Phi) is 5.58. The van der Waals surface area contributed by atoms with E-state index in [1.54, 1.807) is 12.1 Å². The molecule has 1 N–H and O–H groups in total. The van der Waals surface area contributed by atoms with Crippen LogP contribution in [0.1, 0.15) is 5.56 Å². The van der Waals surface area contributed by atoms with Gasteiger partial charge in [0.05, 0.1) is 13.2 Å². The van der Waals surface area contributed by atoms with E-state index in [1.807, 2.05) is 6.07 Å². The van der Waals surface area contributed by atoms with Crippen molar-refractivity contribution < 1.29 is 9.13 Å². The highest BCUT2D eigenvalue weighted by molar-refractivity contribution is 5.16. The fraction of sp³-hybridized carbons (Fsp3) is 0.571. The van der Waals surface area contributed by atoms with Crippen LogP contribution >= 0.6 is 0 Å². The Bertz CT molecular complexity index is 353. The molecule has 0 saturated carbocycles. The normalized spacial score (nSPS) is 16.9. The standard InChI is InChI=1S/C14H21FN2O/c15-14-3-1-2-13(12-14)4-5-16-6-7-17-8-10-18-11-9-17/h1-3,12,16H,4-11H2. The molecule has 0 spiro atoms. The van der Waals surface area contributed by atoms with Crippen LogP contribution < -0.4 is 5.32 Å². The molecule has 0 atom stereocenters. The number of hydrogen-bond donors (Lipinski definition) is 1. The van der Waals surface area contributed by atoms with Gasteiger partial charge in [-0.05, 0) is 30.7 Å². The first kappa shape index (κ1) is 13.5. The maximum Gasteiger partial charge on any atom is 0.123 e. The minimum absolute atomic E-state index is 0.152. The summed E-state index contributed by atoms with van der Waals surface area (Å²) in [6, 6.07) is 6.81. The molecule has 1 aromatic carbocycles. The largest absolute Gasteiger partial charge is 0.379 e. The fourth-order valence-corrected chi connectivity index (χ4v) is 2.11. The first-order chi connectivity index (χ1) is 8.84. The van der Waals surface area contributed by atoms with E-state index in [4.69, 9.17) is 4.74 Å². The van der Waals surface area contributed by atoms with E-state index >= 15 is 0 Å². The topological polar surface area (TPSA) is 24.5 Å². The van der Waals surface area contributed by atoms with Gasteiger partial charge in [-0.1, -0.05) is 12.1 Å². The molecule has 18 heavy (non-hydrogen) atoms. The third kappa shape index (κ3) is 4.72. The second-order valence-corrected chi connectivity index (χ2v) is 4.58. The SMILES string of the molecule is Fc1cccc(CCNCCN2CCOCC2)c1. The summed E-state index contributed by atoms with van der Waals surface area (Å²) in [5.41, 5.74) is 1.05. The maximum absolute atomic E-state index is 12.9. The van der Waals surface area contributed by atoms with Crippen LogP contribution in [-0.4, -0.2) is 50.8 Å². The molecule has 4 heteroatoms. The van der Waals surface area contributed by atoms with Gasteiger partial charge >= 0.3 is 0 Å². The zero-order valence-electron chi connectivity index (χ0n) is 10.7. The Balaban J connectivity index is 1.55. The molecule has 1 aliphatic rings. The third-order valence-electron chi connectivity index (χ3n) is 3.19. The average molecular weight is 252 g/mol. The Labute approximate surface area is 108 Å². The second-order valence-electron chi connectivity index (χ2n) is 4.58. The van der Waals surface area contributed by atoms with Gasteiger partial charge in [-0.15, -0.1) is 0 Å². The molecule has 0 radical (unpaired) electrons. The van der Waals surface area contributed by atoms with Gasteiger partial charge in [-0.3, -0.25) is 4.90 Å². The monoisotopic (exact) mass is 252 g/mol. The summed E-state index contributed by atoms with van der Waals surface area (Å²) in [6.45, 7) is 6.71. The lowest BCUT2D eigenvalue weighted by atomic mass is 10.1. The van der Waals surface area contributed by atoms with E-state index in [-0.39, 0.29) is 5.82 Å². The molecule has 2 rings (SSSR count). The lowest BCUT2D eigenvalue weighted by Gasteiger charge is -2.26. The molecule has 0 aromatic heterocycles. The number of hydrogen-bond acceptors (Lipinski definition) is 3. The highest BCUT2D eigenvalue weighted by Crippen LogP contribution is 2.03. The molecule has 1 heterocycles. The van der Waals surface area contributed by atoms with Gasteiger partial charge in [0, 0.05) is 26.2 Å². The smallest absolute Gasteiger partial charge is 0.123 e. The van der Waals surface area contributed by atoms with Gasteiger partial charge in [0.1, 0.15) is 5.82 Å². The van der Waals surface area contributed by atoms with Crippen LogP contribution in [0.2, 0.25) is 0 Å². The van der Waals surface area contributed by atoms with E-state index in [2.05, 4.69) is 10.2 Å². The van der Waals surface area contributed by atoms with Crippen molar-refractivity contribution >= 4 is 0 Å². The molecule has 100 valence electrons. The number of rotatable bonds is 6. The molecule has 0 unspecified atom stereocenters. The van der Waals surface area contributed by atoms with Crippen LogP contribution in [0.25, 0.3) is 0 Å². The Morgan fingerprint density at radius 2 is 2.06 bits per heavy atom. The van der Waals surface area contributed by atoms with E-state index in [1.165, 1.54) is 6.07 Å². The van der Waals surface area contributed by atoms with Crippen molar-refractivity contribution in [3.8, 4) is 0 Å². The summed E-state index contributed by atoms with van der Waals surface area (Å²) in [5, 5.41) is 3.40. The molecule has 1 saturated heterocycles. The third-order valence-corrected chi connectivity index (χ3v) is 3.19. The molecule has 1 aromatic rings. The lowest BCUT2D eigenvalue weighted by molar-refractivity contribution is 0.0385. The lowest BCUT2D eigenvalue weighted by Crippen LogP contribution is -2.40. The first-order valence-corrected chi connectivity index (χ1v) is 6.60. The van der Waals surface area contributed by atoms with Gasteiger partial charge in [0.2, 0.25) is 0 Å². The average Bonchev–Trinajstić information content (AvgIpc) is 2.40. The van der Waals surface area contributed by atoms with Gasteiger partial charge < -0.3 is 10.1 Å². The van der Waals surface area contributed by atoms with Crippen molar-refractivity contribution in [1.29, 1.82) is 0 Å². The minimum atomic E-state index is -0.152. The summed E-state index contributed by atoms with van der Waals surface area (Å²) in [6.07, 6.45) is 0.876. The van der Waals surface area contributed by atoms with Crippen molar-refractivity contribution in [2.24, 2.45) is 0 Å². The summed E-state index contributed by atoms with van der Waals surface area (Å²) in [4.78, 5) is 2.40. The van der Waals surface area contributed by atoms with E-state index in [0.29, 0.717) is 0 Å². The van der Waals surface area contributed by atoms with Crippen LogP contribution in [0.15, 0.2) is 24.3 Å². The Hall–Kier alpha value is -0.970. The molecule has 1 aliphatic heterocycles. The molecule has 1 fully saturated rings. The number of morpholine rings is 1. The summed E-state index contributed by atoms with van der Waals surface area (Å²) < 4.78 is 18.2. The highest BCUT2D eigenvalue weighted by Gasteiger charge is 2.08. The predicted molar refractivity (Wildman–Crippen MR) is 70.2 cm³/mol. The van der Waals surface area contributed by atoms with E-state index < -0.39 is 0 Å². The van der Waals surface area contributed by atoms with Crippen LogP contribution in [0.4, 0.5) is 4.39 Å². The molecule has 3 nitrogen and oxygen atoms in total. The summed E-state index contributed by atoms with van der Waals surface area (Å²) in [7, 11) is 0. The number of nitrogens with one attached hydrogen (secondary N) is 1. The van der Waals surface area contributed by atoms with Crippen LogP contribution in [-0.2, 0) is 11.2 Å². The van der Waals surface area contributed by atoms with Crippen molar-refractivity contribution in [3.05, 3.63) is 35.6 Å². The second kappa shape index (κ2) is 7.46. The van der Waals surface area contributed by atoms with Crippen molar-refractivity contribution in [2.45, 2.75) is 6.42 Å². The van der Waals surface area contributed by atoms with Gasteiger partial charge in [0.15, 0.2) is 0 Å².